The van der Waals surface area contributed by atoms with Crippen molar-refractivity contribution in [1.29, 1.82) is 0 Å². The van der Waals surface area contributed by atoms with Gasteiger partial charge >= 0.3 is 0 Å². The number of hydrogen-bond acceptors (Lipinski definition) is 3. The van der Waals surface area contributed by atoms with Crippen molar-refractivity contribution in [2.45, 2.75) is 38.8 Å². The molecule has 1 aliphatic rings. The molecule has 3 rings (SSSR count). The lowest BCUT2D eigenvalue weighted by molar-refractivity contribution is 0.686. The normalized spacial score (nSPS) is 14.8. The summed E-state index contributed by atoms with van der Waals surface area (Å²) < 4.78 is 2.01. The number of imidazole rings is 1. The second kappa shape index (κ2) is 5.31. The number of nitrogens with one attached hydrogen (secondary N) is 1. The maximum atomic E-state index is 6.21. The summed E-state index contributed by atoms with van der Waals surface area (Å²) in [5.41, 5.74) is 1.09. The Balaban J connectivity index is 1.87. The summed E-state index contributed by atoms with van der Waals surface area (Å²) in [6.45, 7) is 2.89. The standard InChI is InChI=1S/C14H17ClN4/c1-2-13-16-5-6-19(13)14-7-10(12(15)9-18-14)8-17-11-3-4-11/h5-7,9,11,17H,2-4,8H2,1H3. The quantitative estimate of drug-likeness (QED) is 0.913. The molecule has 0 spiro atoms. The van der Waals surface area contributed by atoms with E-state index >= 15 is 0 Å². The fourth-order valence-electron chi connectivity index (χ4n) is 2.08. The third-order valence-electron chi connectivity index (χ3n) is 3.36. The molecule has 0 saturated heterocycles. The van der Waals surface area contributed by atoms with Gasteiger partial charge in [-0.05, 0) is 24.5 Å². The maximum Gasteiger partial charge on any atom is 0.138 e. The summed E-state index contributed by atoms with van der Waals surface area (Å²) in [7, 11) is 0. The third-order valence-corrected chi connectivity index (χ3v) is 3.70. The van der Waals surface area contributed by atoms with Crippen LogP contribution in [0.15, 0.2) is 24.7 Å². The van der Waals surface area contributed by atoms with Gasteiger partial charge in [0.25, 0.3) is 0 Å². The summed E-state index contributed by atoms with van der Waals surface area (Å²) in [4.78, 5) is 8.72. The van der Waals surface area contributed by atoms with Crippen molar-refractivity contribution in [2.24, 2.45) is 0 Å². The number of halogens is 1. The Morgan fingerprint density at radius 2 is 2.26 bits per heavy atom. The average molecular weight is 277 g/mol. The molecule has 19 heavy (non-hydrogen) atoms. The highest BCUT2D eigenvalue weighted by Gasteiger charge is 2.20. The highest BCUT2D eigenvalue weighted by atomic mass is 35.5. The molecule has 1 N–H and O–H groups in total. The molecule has 4 nitrogen and oxygen atoms in total. The molecule has 2 heterocycles. The van der Waals surface area contributed by atoms with Crippen LogP contribution in [0.5, 0.6) is 0 Å². The molecule has 0 aliphatic heterocycles. The number of aromatic nitrogens is 3. The number of rotatable bonds is 5. The first-order valence-corrected chi connectivity index (χ1v) is 7.06. The van der Waals surface area contributed by atoms with Gasteiger partial charge in [-0.2, -0.15) is 0 Å². The van der Waals surface area contributed by atoms with Crippen LogP contribution in [0.25, 0.3) is 5.82 Å². The number of hydrogen-bond donors (Lipinski definition) is 1. The van der Waals surface area contributed by atoms with E-state index in [2.05, 4.69) is 22.2 Å². The number of nitrogens with zero attached hydrogens (tertiary/aromatic N) is 3. The van der Waals surface area contributed by atoms with E-state index in [-0.39, 0.29) is 0 Å². The zero-order chi connectivity index (χ0) is 13.2. The van der Waals surface area contributed by atoms with E-state index in [0.29, 0.717) is 6.04 Å². The van der Waals surface area contributed by atoms with Crippen LogP contribution < -0.4 is 5.32 Å². The summed E-state index contributed by atoms with van der Waals surface area (Å²) in [5, 5.41) is 4.20. The topological polar surface area (TPSA) is 42.7 Å². The van der Waals surface area contributed by atoms with Gasteiger partial charge in [0.1, 0.15) is 11.6 Å². The van der Waals surface area contributed by atoms with Gasteiger partial charge in [-0.3, -0.25) is 4.57 Å². The highest BCUT2D eigenvalue weighted by molar-refractivity contribution is 6.31. The summed E-state index contributed by atoms with van der Waals surface area (Å²) >= 11 is 6.21. The van der Waals surface area contributed by atoms with Gasteiger partial charge in [0.15, 0.2) is 0 Å². The van der Waals surface area contributed by atoms with E-state index in [9.17, 15) is 0 Å². The van der Waals surface area contributed by atoms with Crippen LogP contribution in [0.3, 0.4) is 0 Å². The fraction of sp³-hybridized carbons (Fsp3) is 0.429. The van der Waals surface area contributed by atoms with Gasteiger partial charge in [0.2, 0.25) is 0 Å². The lowest BCUT2D eigenvalue weighted by Gasteiger charge is -2.10. The largest absolute Gasteiger partial charge is 0.310 e. The molecule has 0 unspecified atom stereocenters. The molecule has 1 saturated carbocycles. The Hall–Kier alpha value is -1.39. The maximum absolute atomic E-state index is 6.21. The molecular weight excluding hydrogens is 260 g/mol. The van der Waals surface area contributed by atoms with E-state index in [0.717, 1.165) is 35.2 Å². The second-order valence-corrected chi connectivity index (χ2v) is 5.26. The smallest absolute Gasteiger partial charge is 0.138 e. The van der Waals surface area contributed by atoms with Gasteiger partial charge in [-0.1, -0.05) is 18.5 Å². The Morgan fingerprint density at radius 3 is 3.00 bits per heavy atom. The van der Waals surface area contributed by atoms with Crippen LogP contribution in [-0.4, -0.2) is 20.6 Å². The first-order valence-electron chi connectivity index (χ1n) is 6.68. The Kier molecular flexibility index (Phi) is 3.53. The lowest BCUT2D eigenvalue weighted by atomic mass is 10.2. The molecule has 0 aromatic carbocycles. The monoisotopic (exact) mass is 276 g/mol. The number of aryl methyl sites for hydroxylation is 1. The first-order chi connectivity index (χ1) is 9.28. The summed E-state index contributed by atoms with van der Waals surface area (Å²) in [6, 6.07) is 2.71. The van der Waals surface area contributed by atoms with Crippen molar-refractivity contribution < 1.29 is 0 Å². The lowest BCUT2D eigenvalue weighted by Crippen LogP contribution is -2.16. The third kappa shape index (κ3) is 2.80. The summed E-state index contributed by atoms with van der Waals surface area (Å²) in [6.07, 6.45) is 8.89. The van der Waals surface area contributed by atoms with Gasteiger partial charge in [-0.15, -0.1) is 0 Å². The SMILES string of the molecule is CCc1nccn1-c1cc(CNC2CC2)c(Cl)cn1. The van der Waals surface area contributed by atoms with Crippen molar-refractivity contribution >= 4 is 11.6 Å². The minimum atomic E-state index is 0.673. The van der Waals surface area contributed by atoms with E-state index in [1.54, 1.807) is 12.4 Å². The molecule has 0 atom stereocenters. The van der Waals surface area contributed by atoms with Crippen molar-refractivity contribution in [3.8, 4) is 5.82 Å². The van der Waals surface area contributed by atoms with Gasteiger partial charge in [-0.25, -0.2) is 9.97 Å². The molecule has 2 aromatic heterocycles. The van der Waals surface area contributed by atoms with Crippen molar-refractivity contribution in [3.05, 3.63) is 41.1 Å². The molecule has 1 aliphatic carbocycles. The average Bonchev–Trinajstić information content (AvgIpc) is 3.13. The fourth-order valence-corrected chi connectivity index (χ4v) is 2.25. The second-order valence-electron chi connectivity index (χ2n) is 4.86. The van der Waals surface area contributed by atoms with Crippen LogP contribution in [-0.2, 0) is 13.0 Å². The van der Waals surface area contributed by atoms with Crippen LogP contribution in [0.2, 0.25) is 5.02 Å². The predicted octanol–water partition coefficient (Wildman–Crippen LogP) is 2.74. The molecule has 5 heteroatoms. The molecule has 0 radical (unpaired) electrons. The summed E-state index contributed by atoms with van der Waals surface area (Å²) in [5.74, 6) is 1.89. The van der Waals surface area contributed by atoms with Crippen LogP contribution in [0, 0.1) is 0 Å². The van der Waals surface area contributed by atoms with Crippen molar-refractivity contribution in [1.82, 2.24) is 19.9 Å². The number of pyridine rings is 1. The van der Waals surface area contributed by atoms with Crippen molar-refractivity contribution in [3.63, 3.8) is 0 Å². The molecular formula is C14H17ClN4. The minimum Gasteiger partial charge on any atom is -0.310 e. The zero-order valence-electron chi connectivity index (χ0n) is 10.9. The van der Waals surface area contributed by atoms with E-state index in [4.69, 9.17) is 11.6 Å². The first kappa shape index (κ1) is 12.6. The minimum absolute atomic E-state index is 0.673. The molecule has 0 amide bonds. The van der Waals surface area contributed by atoms with E-state index in [1.807, 2.05) is 16.8 Å². The zero-order valence-corrected chi connectivity index (χ0v) is 11.7. The Labute approximate surface area is 117 Å². The van der Waals surface area contributed by atoms with E-state index in [1.165, 1.54) is 12.8 Å². The molecule has 0 bridgehead atoms. The van der Waals surface area contributed by atoms with Gasteiger partial charge in [0, 0.05) is 37.6 Å². The van der Waals surface area contributed by atoms with Gasteiger partial charge in [0.05, 0.1) is 5.02 Å². The van der Waals surface area contributed by atoms with Crippen LogP contribution >= 0.6 is 11.6 Å². The Bertz CT molecular complexity index is 575. The van der Waals surface area contributed by atoms with Gasteiger partial charge < -0.3 is 5.32 Å². The molecule has 100 valence electrons. The van der Waals surface area contributed by atoms with E-state index < -0.39 is 0 Å². The molecule has 1 fully saturated rings. The molecule has 2 aromatic rings. The highest BCUT2D eigenvalue weighted by Crippen LogP contribution is 2.22. The van der Waals surface area contributed by atoms with Crippen LogP contribution in [0.4, 0.5) is 0 Å². The Morgan fingerprint density at radius 1 is 1.42 bits per heavy atom. The predicted molar refractivity (Wildman–Crippen MR) is 75.6 cm³/mol. The van der Waals surface area contributed by atoms with Crippen LogP contribution in [0.1, 0.15) is 31.2 Å². The van der Waals surface area contributed by atoms with Crippen molar-refractivity contribution in [2.75, 3.05) is 0 Å².